The van der Waals surface area contributed by atoms with Crippen LogP contribution in [-0.4, -0.2) is 53.4 Å². The maximum absolute atomic E-state index is 12.6. The number of likely N-dealkylation sites (tertiary alicyclic amines) is 1. The van der Waals surface area contributed by atoms with Crippen LogP contribution in [-0.2, 0) is 9.53 Å². The summed E-state index contributed by atoms with van der Waals surface area (Å²) in [6.07, 6.45) is -1.29. The molecule has 8 heteroatoms. The summed E-state index contributed by atoms with van der Waals surface area (Å²) < 4.78 is 10.5. The molecule has 2 unspecified atom stereocenters. The summed E-state index contributed by atoms with van der Waals surface area (Å²) in [5.41, 5.74) is -0.299. The average molecular weight is 371 g/mol. The van der Waals surface area contributed by atoms with Gasteiger partial charge in [0.2, 0.25) is 5.91 Å². The SMILES string of the molecule is COc1ccc(Cl)cc1NC(=O)C1CC(O)CN1C(=O)OC(C)(C)C. The number of methoxy groups -OCH3 is 1. The van der Waals surface area contributed by atoms with E-state index in [2.05, 4.69) is 5.32 Å². The van der Waals surface area contributed by atoms with Gasteiger partial charge in [-0.05, 0) is 39.0 Å². The molecule has 2 amide bonds. The second kappa shape index (κ2) is 7.49. The summed E-state index contributed by atoms with van der Waals surface area (Å²) in [4.78, 5) is 26.2. The molecule has 1 aliphatic heterocycles. The number of rotatable bonds is 3. The van der Waals surface area contributed by atoms with Crippen LogP contribution in [0.5, 0.6) is 5.75 Å². The summed E-state index contributed by atoms with van der Waals surface area (Å²) in [6.45, 7) is 5.26. The topological polar surface area (TPSA) is 88.1 Å². The van der Waals surface area contributed by atoms with E-state index < -0.39 is 29.7 Å². The Bertz CT molecular complexity index is 659. The highest BCUT2D eigenvalue weighted by atomic mass is 35.5. The van der Waals surface area contributed by atoms with E-state index in [9.17, 15) is 14.7 Å². The van der Waals surface area contributed by atoms with Crippen molar-refractivity contribution in [2.24, 2.45) is 0 Å². The van der Waals surface area contributed by atoms with Gasteiger partial charge in [-0.1, -0.05) is 11.6 Å². The number of hydrogen-bond acceptors (Lipinski definition) is 5. The fraction of sp³-hybridized carbons (Fsp3) is 0.529. The largest absolute Gasteiger partial charge is 0.495 e. The maximum Gasteiger partial charge on any atom is 0.411 e. The van der Waals surface area contributed by atoms with Gasteiger partial charge in [0, 0.05) is 11.4 Å². The van der Waals surface area contributed by atoms with Crippen LogP contribution in [0.3, 0.4) is 0 Å². The molecule has 0 radical (unpaired) electrons. The van der Waals surface area contributed by atoms with Crippen LogP contribution in [0.2, 0.25) is 5.02 Å². The molecule has 1 aromatic rings. The average Bonchev–Trinajstić information content (AvgIpc) is 2.88. The highest BCUT2D eigenvalue weighted by Crippen LogP contribution is 2.29. The first-order valence-corrected chi connectivity index (χ1v) is 8.30. The number of anilines is 1. The molecule has 0 aromatic heterocycles. The van der Waals surface area contributed by atoms with Gasteiger partial charge in [0.25, 0.3) is 0 Å². The smallest absolute Gasteiger partial charge is 0.411 e. The molecule has 2 atom stereocenters. The molecule has 0 aliphatic carbocycles. The highest BCUT2D eigenvalue weighted by Gasteiger charge is 2.41. The van der Waals surface area contributed by atoms with Crippen molar-refractivity contribution in [3.05, 3.63) is 23.2 Å². The second-order valence-corrected chi connectivity index (χ2v) is 7.31. The standard InChI is InChI=1S/C17H23ClN2O5/c1-17(2,3)25-16(23)20-9-11(21)8-13(20)15(22)19-12-7-10(18)5-6-14(12)24-4/h5-7,11,13,21H,8-9H2,1-4H3,(H,19,22). The Hall–Kier alpha value is -1.99. The molecule has 2 rings (SSSR count). The molecule has 0 saturated carbocycles. The van der Waals surface area contributed by atoms with Gasteiger partial charge in [-0.2, -0.15) is 0 Å². The van der Waals surface area contributed by atoms with E-state index >= 15 is 0 Å². The van der Waals surface area contributed by atoms with Gasteiger partial charge in [-0.3, -0.25) is 9.69 Å². The first kappa shape index (κ1) is 19.3. The van der Waals surface area contributed by atoms with Crippen LogP contribution in [0, 0.1) is 0 Å². The van der Waals surface area contributed by atoms with Crippen molar-refractivity contribution in [2.75, 3.05) is 19.0 Å². The van der Waals surface area contributed by atoms with Crippen molar-refractivity contribution < 1.29 is 24.2 Å². The second-order valence-electron chi connectivity index (χ2n) is 6.87. The zero-order valence-electron chi connectivity index (χ0n) is 14.7. The van der Waals surface area contributed by atoms with Gasteiger partial charge in [-0.15, -0.1) is 0 Å². The third-order valence-corrected chi connectivity index (χ3v) is 3.86. The number of aliphatic hydroxyl groups is 1. The third kappa shape index (κ3) is 4.99. The molecule has 0 bridgehead atoms. The van der Waals surface area contributed by atoms with Crippen molar-refractivity contribution >= 4 is 29.3 Å². The molecule has 1 aliphatic rings. The Kier molecular flexibility index (Phi) is 5.80. The number of aliphatic hydroxyl groups excluding tert-OH is 1. The van der Waals surface area contributed by atoms with Crippen molar-refractivity contribution in [1.82, 2.24) is 4.90 Å². The summed E-state index contributed by atoms with van der Waals surface area (Å²) in [7, 11) is 1.48. The minimum atomic E-state index is -0.839. The van der Waals surface area contributed by atoms with Gasteiger partial charge >= 0.3 is 6.09 Å². The third-order valence-electron chi connectivity index (χ3n) is 3.63. The Balaban J connectivity index is 2.16. The molecular formula is C17H23ClN2O5. The summed E-state index contributed by atoms with van der Waals surface area (Å²) in [5.74, 6) is 0.00286. The lowest BCUT2D eigenvalue weighted by Crippen LogP contribution is -2.45. The molecule has 1 aromatic carbocycles. The van der Waals surface area contributed by atoms with Crippen molar-refractivity contribution in [1.29, 1.82) is 0 Å². The molecule has 1 saturated heterocycles. The van der Waals surface area contributed by atoms with E-state index in [1.807, 2.05) is 0 Å². The van der Waals surface area contributed by atoms with Gasteiger partial charge in [0.1, 0.15) is 17.4 Å². The van der Waals surface area contributed by atoms with E-state index in [1.54, 1.807) is 39.0 Å². The molecule has 7 nitrogen and oxygen atoms in total. The van der Waals surface area contributed by atoms with E-state index in [0.29, 0.717) is 16.5 Å². The van der Waals surface area contributed by atoms with Gasteiger partial charge in [-0.25, -0.2) is 4.79 Å². The van der Waals surface area contributed by atoms with Crippen molar-refractivity contribution in [2.45, 2.75) is 44.9 Å². The molecule has 25 heavy (non-hydrogen) atoms. The lowest BCUT2D eigenvalue weighted by atomic mass is 10.1. The number of ether oxygens (including phenoxy) is 2. The van der Waals surface area contributed by atoms with Crippen LogP contribution in [0.15, 0.2) is 18.2 Å². The highest BCUT2D eigenvalue weighted by molar-refractivity contribution is 6.31. The number of benzene rings is 1. The quantitative estimate of drug-likeness (QED) is 0.854. The monoisotopic (exact) mass is 370 g/mol. The van der Waals surface area contributed by atoms with E-state index in [0.717, 1.165) is 0 Å². The number of nitrogens with one attached hydrogen (secondary N) is 1. The van der Waals surface area contributed by atoms with E-state index in [4.69, 9.17) is 21.1 Å². The molecule has 2 N–H and O–H groups in total. The predicted octanol–water partition coefficient (Wildman–Crippen LogP) is 2.66. The Morgan fingerprint density at radius 2 is 2.04 bits per heavy atom. The molecule has 138 valence electrons. The fourth-order valence-corrected chi connectivity index (χ4v) is 2.75. The van der Waals surface area contributed by atoms with Gasteiger partial charge < -0.3 is 19.9 Å². The minimum absolute atomic E-state index is 0.0413. The lowest BCUT2D eigenvalue weighted by molar-refractivity contribution is -0.120. The van der Waals surface area contributed by atoms with E-state index in [1.165, 1.54) is 12.0 Å². The van der Waals surface area contributed by atoms with Crippen LogP contribution in [0.25, 0.3) is 0 Å². The molecule has 1 fully saturated rings. The normalized spacial score (nSPS) is 20.3. The first-order chi connectivity index (χ1) is 11.6. The molecule has 0 spiro atoms. The number of β-amino-alcohol motifs (C(OH)–C–C–N with tert-alkyl or cyclic N) is 1. The molecule has 1 heterocycles. The maximum atomic E-state index is 12.6. The lowest BCUT2D eigenvalue weighted by Gasteiger charge is -2.28. The Morgan fingerprint density at radius 3 is 2.64 bits per heavy atom. The van der Waals surface area contributed by atoms with E-state index in [-0.39, 0.29) is 13.0 Å². The zero-order chi connectivity index (χ0) is 18.8. The van der Waals surface area contributed by atoms with Crippen LogP contribution in [0.4, 0.5) is 10.5 Å². The number of carbonyl (C=O) groups is 2. The summed E-state index contributed by atoms with van der Waals surface area (Å²) in [5, 5.41) is 13.0. The number of hydrogen-bond donors (Lipinski definition) is 2. The summed E-state index contributed by atoms with van der Waals surface area (Å²) in [6, 6.07) is 3.99. The van der Waals surface area contributed by atoms with Crippen molar-refractivity contribution in [3.8, 4) is 5.75 Å². The van der Waals surface area contributed by atoms with Gasteiger partial charge in [0.05, 0.1) is 25.4 Å². The fourth-order valence-electron chi connectivity index (χ4n) is 2.58. The zero-order valence-corrected chi connectivity index (χ0v) is 15.5. The predicted molar refractivity (Wildman–Crippen MR) is 94.0 cm³/mol. The number of amides is 2. The van der Waals surface area contributed by atoms with Gasteiger partial charge in [0.15, 0.2) is 0 Å². The summed E-state index contributed by atoms with van der Waals surface area (Å²) >= 11 is 5.96. The minimum Gasteiger partial charge on any atom is -0.495 e. The van der Waals surface area contributed by atoms with Crippen LogP contribution in [0.1, 0.15) is 27.2 Å². The number of halogens is 1. The number of carbonyl (C=O) groups excluding carboxylic acids is 2. The Morgan fingerprint density at radius 1 is 1.36 bits per heavy atom. The molecular weight excluding hydrogens is 348 g/mol. The Labute approximate surface area is 151 Å². The first-order valence-electron chi connectivity index (χ1n) is 7.93. The van der Waals surface area contributed by atoms with Crippen LogP contribution < -0.4 is 10.1 Å². The van der Waals surface area contributed by atoms with Crippen LogP contribution >= 0.6 is 11.6 Å². The van der Waals surface area contributed by atoms with Crippen molar-refractivity contribution in [3.63, 3.8) is 0 Å². The number of nitrogens with zero attached hydrogens (tertiary/aromatic N) is 1.